The van der Waals surface area contributed by atoms with Crippen LogP contribution in [-0.4, -0.2) is 33.1 Å². The first-order valence-electron chi connectivity index (χ1n) is 16.9. The van der Waals surface area contributed by atoms with Gasteiger partial charge in [-0.1, -0.05) is 150 Å². The van der Waals surface area contributed by atoms with Crippen molar-refractivity contribution in [2.75, 3.05) is 0 Å². The first-order chi connectivity index (χ1) is 20.7. The van der Waals surface area contributed by atoms with Crippen LogP contribution in [0.4, 0.5) is 0 Å². The second-order valence-corrected chi connectivity index (χ2v) is 16.5. The molecule has 3 heteroatoms. The van der Waals surface area contributed by atoms with E-state index in [4.69, 9.17) is 4.74 Å². The standard InChI is InChI=1S/C42H62O3/c1-31(19-15-21-33(3)23-25-41(44)37(6,7)27-35(5)28-38(41,8)9)17-13-14-18-32(2)20-16-22-34(4)24-26-42-39(10,11)29-36(43)30-40(42,12)45-42/h13-26,35-36,43-44H,27-30H2,1-12H3/b14-13+,19-15+,20-16+,25-23+,26-24+,31-17+,32-18+,33-21+,34-22+/t35?,36-,40+,41?,42-/m0/s1. The van der Waals surface area contributed by atoms with Crippen LogP contribution in [0, 0.1) is 22.2 Å². The zero-order valence-corrected chi connectivity index (χ0v) is 30.4. The van der Waals surface area contributed by atoms with Gasteiger partial charge < -0.3 is 14.9 Å². The number of fused-ring (bicyclic) bond motifs is 1. The number of epoxide rings is 1. The molecule has 0 aromatic heterocycles. The van der Waals surface area contributed by atoms with E-state index in [1.807, 2.05) is 6.08 Å². The van der Waals surface area contributed by atoms with Crippen LogP contribution in [0.1, 0.15) is 109 Å². The van der Waals surface area contributed by atoms with E-state index in [1.165, 1.54) is 16.7 Å². The Morgan fingerprint density at radius 3 is 1.47 bits per heavy atom. The number of hydrogen-bond donors (Lipinski definition) is 2. The summed E-state index contributed by atoms with van der Waals surface area (Å²) < 4.78 is 6.25. The molecule has 3 rings (SSSR count). The highest BCUT2D eigenvalue weighted by Gasteiger charge is 2.74. The van der Waals surface area contributed by atoms with Crippen LogP contribution in [-0.2, 0) is 4.74 Å². The minimum absolute atomic E-state index is 0.0971. The number of hydrogen-bond acceptors (Lipinski definition) is 3. The van der Waals surface area contributed by atoms with Crippen LogP contribution in [0.5, 0.6) is 0 Å². The van der Waals surface area contributed by atoms with Crippen molar-refractivity contribution < 1.29 is 14.9 Å². The lowest BCUT2D eigenvalue weighted by Crippen LogP contribution is -2.58. The third-order valence-corrected chi connectivity index (χ3v) is 10.7. The van der Waals surface area contributed by atoms with Crippen molar-refractivity contribution in [3.05, 3.63) is 107 Å². The maximum Gasteiger partial charge on any atom is 0.121 e. The summed E-state index contributed by atoms with van der Waals surface area (Å²) in [4.78, 5) is 0. The topological polar surface area (TPSA) is 53.0 Å². The smallest absolute Gasteiger partial charge is 0.121 e. The summed E-state index contributed by atoms with van der Waals surface area (Å²) in [6.45, 7) is 26.0. The molecule has 0 amide bonds. The molecule has 0 spiro atoms. The molecule has 0 aromatic carbocycles. The van der Waals surface area contributed by atoms with Gasteiger partial charge in [0, 0.05) is 11.8 Å². The Hall–Kier alpha value is -2.46. The van der Waals surface area contributed by atoms with Crippen LogP contribution in [0.2, 0.25) is 0 Å². The first-order valence-corrected chi connectivity index (χ1v) is 16.9. The molecule has 3 aliphatic rings. The van der Waals surface area contributed by atoms with Crippen LogP contribution in [0.15, 0.2) is 107 Å². The average molecular weight is 615 g/mol. The van der Waals surface area contributed by atoms with Gasteiger partial charge in [0.2, 0.25) is 0 Å². The Morgan fingerprint density at radius 2 is 1.00 bits per heavy atom. The van der Waals surface area contributed by atoms with E-state index < -0.39 is 5.60 Å². The predicted molar refractivity (Wildman–Crippen MR) is 193 cm³/mol. The van der Waals surface area contributed by atoms with Gasteiger partial charge in [0.1, 0.15) is 11.2 Å². The minimum atomic E-state index is -0.842. The van der Waals surface area contributed by atoms with E-state index in [1.54, 1.807) is 0 Å². The Bertz CT molecular complexity index is 1330. The van der Waals surface area contributed by atoms with Gasteiger partial charge in [0.25, 0.3) is 0 Å². The molecule has 248 valence electrons. The summed E-state index contributed by atoms with van der Waals surface area (Å²) in [5.74, 6) is 0.615. The van der Waals surface area contributed by atoms with Crippen LogP contribution >= 0.6 is 0 Å². The number of ether oxygens (including phenoxy) is 1. The quantitative estimate of drug-likeness (QED) is 0.190. The van der Waals surface area contributed by atoms with Crippen molar-refractivity contribution in [3.8, 4) is 0 Å². The highest BCUT2D eigenvalue weighted by Crippen LogP contribution is 2.66. The summed E-state index contributed by atoms with van der Waals surface area (Å²) in [5.41, 5.74) is 2.78. The fourth-order valence-electron chi connectivity index (χ4n) is 8.41. The summed E-state index contributed by atoms with van der Waals surface area (Å²) in [6, 6.07) is 0. The molecule has 3 nitrogen and oxygen atoms in total. The average Bonchev–Trinajstić information content (AvgIpc) is 3.52. The molecule has 0 aromatic rings. The lowest BCUT2D eigenvalue weighted by molar-refractivity contribution is -0.154. The second-order valence-electron chi connectivity index (χ2n) is 16.5. The maximum absolute atomic E-state index is 11.8. The van der Waals surface area contributed by atoms with E-state index in [0.29, 0.717) is 12.3 Å². The predicted octanol–water partition coefficient (Wildman–Crippen LogP) is 10.5. The Morgan fingerprint density at radius 1 is 0.578 bits per heavy atom. The largest absolute Gasteiger partial charge is 0.393 e. The molecular formula is C42H62O3. The Balaban J connectivity index is 1.52. The zero-order valence-electron chi connectivity index (χ0n) is 30.4. The normalized spacial score (nSPS) is 35.8. The zero-order chi connectivity index (χ0) is 33.9. The summed E-state index contributed by atoms with van der Waals surface area (Å²) in [6.07, 6.45) is 32.7. The fraction of sp³-hybridized carbons (Fsp3) is 0.571. The minimum Gasteiger partial charge on any atom is -0.393 e. The van der Waals surface area contributed by atoms with E-state index in [-0.39, 0.29) is 33.6 Å². The van der Waals surface area contributed by atoms with Crippen molar-refractivity contribution in [3.63, 3.8) is 0 Å². The molecule has 1 heterocycles. The third kappa shape index (κ3) is 8.28. The molecule has 2 N–H and O–H groups in total. The molecule has 45 heavy (non-hydrogen) atoms. The fourth-order valence-corrected chi connectivity index (χ4v) is 8.41. The summed E-state index contributed by atoms with van der Waals surface area (Å²) in [7, 11) is 0. The molecule has 2 saturated carbocycles. The number of aliphatic hydroxyl groups excluding tert-OH is 1. The number of aliphatic hydroxyl groups is 2. The van der Waals surface area contributed by atoms with Gasteiger partial charge in [0.15, 0.2) is 0 Å². The molecule has 3 fully saturated rings. The molecular weight excluding hydrogens is 552 g/mol. The molecule has 1 aliphatic heterocycles. The monoisotopic (exact) mass is 614 g/mol. The van der Waals surface area contributed by atoms with Gasteiger partial charge in [-0.2, -0.15) is 0 Å². The molecule has 0 radical (unpaired) electrons. The highest BCUT2D eigenvalue weighted by atomic mass is 16.6. The van der Waals surface area contributed by atoms with Crippen molar-refractivity contribution >= 4 is 0 Å². The van der Waals surface area contributed by atoms with Gasteiger partial charge in [-0.3, -0.25) is 0 Å². The molecule has 0 unspecified atom stereocenters. The van der Waals surface area contributed by atoms with Crippen molar-refractivity contribution in [1.29, 1.82) is 0 Å². The maximum atomic E-state index is 11.8. The van der Waals surface area contributed by atoms with Crippen LogP contribution < -0.4 is 0 Å². The van der Waals surface area contributed by atoms with Crippen LogP contribution in [0.25, 0.3) is 0 Å². The Kier molecular flexibility index (Phi) is 11.3. The van der Waals surface area contributed by atoms with Gasteiger partial charge >= 0.3 is 0 Å². The van der Waals surface area contributed by atoms with Crippen molar-refractivity contribution in [2.45, 2.75) is 132 Å². The van der Waals surface area contributed by atoms with Gasteiger partial charge in [0.05, 0.1) is 11.7 Å². The first kappa shape index (κ1) is 37.0. The number of rotatable bonds is 10. The van der Waals surface area contributed by atoms with E-state index in [9.17, 15) is 10.2 Å². The van der Waals surface area contributed by atoms with E-state index >= 15 is 0 Å². The van der Waals surface area contributed by atoms with Gasteiger partial charge in [-0.25, -0.2) is 0 Å². The van der Waals surface area contributed by atoms with E-state index in [0.717, 1.165) is 24.8 Å². The van der Waals surface area contributed by atoms with Gasteiger partial charge in [-0.05, 0) is 76.7 Å². The Labute approximate surface area is 275 Å². The molecule has 2 aliphatic carbocycles. The lowest BCUT2D eigenvalue weighted by atomic mass is 9.51. The lowest BCUT2D eigenvalue weighted by Gasteiger charge is -2.57. The van der Waals surface area contributed by atoms with Crippen molar-refractivity contribution in [2.24, 2.45) is 22.2 Å². The SMILES string of the molecule is CC(/C=C/C=C(C)/C=C/C1(O)C(C)(C)CC(C)CC1(C)C)=C\C=C\C=C(C)\C=C\C=C(C)\C=C\[C@@]12O[C@]1(C)C[C@@H](O)CC2(C)C. The van der Waals surface area contributed by atoms with Crippen molar-refractivity contribution in [1.82, 2.24) is 0 Å². The third-order valence-electron chi connectivity index (χ3n) is 10.7. The number of allylic oxidation sites excluding steroid dienone is 16. The molecule has 3 atom stereocenters. The second kappa shape index (κ2) is 13.7. The molecule has 1 saturated heterocycles. The van der Waals surface area contributed by atoms with Gasteiger partial charge in [-0.15, -0.1) is 0 Å². The van der Waals surface area contributed by atoms with Crippen LogP contribution in [0.3, 0.4) is 0 Å². The highest BCUT2D eigenvalue weighted by molar-refractivity contribution is 5.37. The van der Waals surface area contributed by atoms with E-state index in [2.05, 4.69) is 162 Å². The summed E-state index contributed by atoms with van der Waals surface area (Å²) >= 11 is 0. The summed E-state index contributed by atoms with van der Waals surface area (Å²) in [5, 5.41) is 22.0. The molecule has 0 bridgehead atoms.